The monoisotopic (exact) mass is 452 g/mol. The molecule has 0 aromatic heterocycles. The van der Waals surface area contributed by atoms with Crippen LogP contribution in [0.5, 0.6) is 0 Å². The van der Waals surface area contributed by atoms with E-state index in [2.05, 4.69) is 4.74 Å². The van der Waals surface area contributed by atoms with Gasteiger partial charge in [0, 0.05) is 19.5 Å². The molecule has 2 amide bonds. The Morgan fingerprint density at radius 1 is 1.12 bits per heavy atom. The number of carbonyl (C=O) groups is 3. The van der Waals surface area contributed by atoms with E-state index in [-0.39, 0.29) is 18.9 Å². The van der Waals surface area contributed by atoms with Gasteiger partial charge in [-0.1, -0.05) is 30.3 Å². The molecule has 2 aliphatic heterocycles. The Bertz CT molecular complexity index is 820. The summed E-state index contributed by atoms with van der Waals surface area (Å²) < 4.78 is 32.6. The summed E-state index contributed by atoms with van der Waals surface area (Å²) in [6.07, 6.45) is 1.03. The van der Waals surface area contributed by atoms with Crippen molar-refractivity contribution < 1.29 is 33.0 Å². The molecule has 2 fully saturated rings. The molecule has 2 unspecified atom stereocenters. The van der Waals surface area contributed by atoms with E-state index in [4.69, 9.17) is 0 Å². The number of aliphatic hydroxyl groups is 1. The van der Waals surface area contributed by atoms with Gasteiger partial charge in [-0.25, -0.2) is 4.79 Å². The third-order valence-electron chi connectivity index (χ3n) is 6.33. The number of hydrogen-bond donors (Lipinski definition) is 1. The number of hydrogen-bond acceptors (Lipinski definition) is 5. The van der Waals surface area contributed by atoms with E-state index in [1.165, 1.54) is 9.80 Å². The molecular formula is C23H30F2N2O5. The number of ether oxygens (including phenoxy) is 1. The van der Waals surface area contributed by atoms with Crippen LogP contribution in [0.3, 0.4) is 0 Å². The van der Waals surface area contributed by atoms with Crippen molar-refractivity contribution >= 4 is 17.8 Å². The number of methoxy groups -OCH3 is 1. The minimum Gasteiger partial charge on any atom is -0.465 e. The van der Waals surface area contributed by atoms with Crippen LogP contribution in [0.4, 0.5) is 8.78 Å². The lowest BCUT2D eigenvalue weighted by Gasteiger charge is -2.35. The van der Waals surface area contributed by atoms with Gasteiger partial charge in [0.25, 0.3) is 0 Å². The summed E-state index contributed by atoms with van der Waals surface area (Å²) in [5, 5.41) is 10.2. The highest BCUT2D eigenvalue weighted by Gasteiger charge is 2.54. The highest BCUT2D eigenvalue weighted by atomic mass is 19.3. The molecule has 2 aliphatic rings. The molecular weight excluding hydrogens is 422 g/mol. The lowest BCUT2D eigenvalue weighted by molar-refractivity contribution is -0.192. The zero-order chi connectivity index (χ0) is 23.3. The van der Waals surface area contributed by atoms with Crippen LogP contribution in [0.2, 0.25) is 0 Å². The predicted molar refractivity (Wildman–Crippen MR) is 112 cm³/mol. The zero-order valence-corrected chi connectivity index (χ0v) is 18.2. The van der Waals surface area contributed by atoms with Crippen LogP contribution in [0.25, 0.3) is 0 Å². The maximum absolute atomic E-state index is 14.2. The number of esters is 1. The van der Waals surface area contributed by atoms with Gasteiger partial charge in [0.1, 0.15) is 12.1 Å². The zero-order valence-electron chi connectivity index (χ0n) is 18.2. The molecule has 2 heterocycles. The minimum absolute atomic E-state index is 0.132. The number of benzene rings is 1. The van der Waals surface area contributed by atoms with Gasteiger partial charge in [-0.05, 0) is 44.1 Å². The second kappa shape index (κ2) is 10.4. The van der Waals surface area contributed by atoms with Crippen LogP contribution in [-0.4, -0.2) is 77.0 Å². The molecule has 32 heavy (non-hydrogen) atoms. The van der Waals surface area contributed by atoms with Crippen molar-refractivity contribution in [2.45, 2.75) is 69.1 Å². The van der Waals surface area contributed by atoms with E-state index >= 15 is 0 Å². The SMILES string of the molecule is COC(=O)C(F)(F)C(O)C1CCCN1C(=O)[C@H]1CCCN1C(=O)CCCc1ccccc1. The van der Waals surface area contributed by atoms with Crippen molar-refractivity contribution in [3.63, 3.8) is 0 Å². The molecule has 3 rings (SSSR count). The number of aryl methyl sites for hydroxylation is 1. The number of amides is 2. The quantitative estimate of drug-likeness (QED) is 0.611. The van der Waals surface area contributed by atoms with Crippen molar-refractivity contribution in [3.8, 4) is 0 Å². The lowest BCUT2D eigenvalue weighted by Crippen LogP contribution is -2.57. The fraction of sp³-hybridized carbons (Fsp3) is 0.609. The van der Waals surface area contributed by atoms with Gasteiger partial charge in [0.05, 0.1) is 13.2 Å². The number of alkyl halides is 2. The van der Waals surface area contributed by atoms with Gasteiger partial charge in [0.15, 0.2) is 0 Å². The summed E-state index contributed by atoms with van der Waals surface area (Å²) in [5.74, 6) is -6.53. The first-order valence-electron chi connectivity index (χ1n) is 11.1. The Morgan fingerprint density at radius 2 is 1.78 bits per heavy atom. The number of rotatable bonds is 8. The highest BCUT2D eigenvalue weighted by molar-refractivity contribution is 5.89. The first-order valence-corrected chi connectivity index (χ1v) is 11.1. The Hall–Kier alpha value is -2.55. The smallest absolute Gasteiger partial charge is 0.379 e. The average Bonchev–Trinajstić information content (AvgIpc) is 3.48. The second-order valence-corrected chi connectivity index (χ2v) is 8.38. The molecule has 3 atom stereocenters. The number of nitrogens with zero attached hydrogens (tertiary/aromatic N) is 2. The van der Waals surface area contributed by atoms with Gasteiger partial charge in [-0.3, -0.25) is 9.59 Å². The standard InChI is InChI=1S/C23H30F2N2O5/c1-32-22(31)23(24,25)20(29)17-11-6-15-27(17)21(30)18-12-7-14-26(18)19(28)13-5-10-16-8-3-2-4-9-16/h2-4,8-9,17-18,20,29H,5-7,10-15H2,1H3/t17?,18-,20?/m1/s1. The van der Waals surface area contributed by atoms with E-state index in [1.54, 1.807) is 0 Å². The van der Waals surface area contributed by atoms with E-state index < -0.39 is 36.0 Å². The number of halogens is 2. The van der Waals surface area contributed by atoms with Crippen LogP contribution < -0.4 is 0 Å². The van der Waals surface area contributed by atoms with Crippen LogP contribution >= 0.6 is 0 Å². The molecule has 0 radical (unpaired) electrons. The van der Waals surface area contributed by atoms with E-state index in [0.29, 0.717) is 38.6 Å². The summed E-state index contributed by atoms with van der Waals surface area (Å²) in [4.78, 5) is 40.2. The van der Waals surface area contributed by atoms with Crippen molar-refractivity contribution in [2.24, 2.45) is 0 Å². The van der Waals surface area contributed by atoms with Crippen LogP contribution in [0.15, 0.2) is 30.3 Å². The molecule has 9 heteroatoms. The van der Waals surface area contributed by atoms with Crippen molar-refractivity contribution in [1.29, 1.82) is 0 Å². The number of carbonyl (C=O) groups excluding carboxylic acids is 3. The summed E-state index contributed by atoms with van der Waals surface area (Å²) in [7, 11) is 0.820. The number of likely N-dealkylation sites (tertiary alicyclic amines) is 2. The fourth-order valence-corrected chi connectivity index (χ4v) is 4.64. The molecule has 0 bridgehead atoms. The van der Waals surface area contributed by atoms with Crippen molar-refractivity contribution in [3.05, 3.63) is 35.9 Å². The molecule has 2 saturated heterocycles. The molecule has 1 aromatic rings. The Kier molecular flexibility index (Phi) is 7.82. The minimum atomic E-state index is -4.12. The molecule has 176 valence electrons. The third kappa shape index (κ3) is 5.09. The first-order chi connectivity index (χ1) is 15.3. The van der Waals surface area contributed by atoms with Gasteiger partial charge in [0.2, 0.25) is 11.8 Å². The van der Waals surface area contributed by atoms with E-state index in [0.717, 1.165) is 19.1 Å². The summed E-state index contributed by atoms with van der Waals surface area (Å²) in [6, 6.07) is 7.88. The second-order valence-electron chi connectivity index (χ2n) is 8.38. The van der Waals surface area contributed by atoms with Crippen LogP contribution in [0, 0.1) is 0 Å². The van der Waals surface area contributed by atoms with E-state index in [9.17, 15) is 28.3 Å². The van der Waals surface area contributed by atoms with Gasteiger partial charge in [-0.15, -0.1) is 0 Å². The van der Waals surface area contributed by atoms with Crippen molar-refractivity contribution in [2.75, 3.05) is 20.2 Å². The topological polar surface area (TPSA) is 87.2 Å². The molecule has 0 aliphatic carbocycles. The predicted octanol–water partition coefficient (Wildman–Crippen LogP) is 2.16. The normalized spacial score (nSPS) is 22.1. The Morgan fingerprint density at radius 3 is 2.47 bits per heavy atom. The Labute approximate surface area is 186 Å². The summed E-state index contributed by atoms with van der Waals surface area (Å²) in [6.45, 7) is 0.643. The maximum atomic E-state index is 14.2. The van der Waals surface area contributed by atoms with Gasteiger partial charge in [-0.2, -0.15) is 8.78 Å². The Balaban J connectivity index is 1.62. The summed E-state index contributed by atoms with van der Waals surface area (Å²) in [5.41, 5.74) is 1.13. The average molecular weight is 452 g/mol. The van der Waals surface area contributed by atoms with Crippen LogP contribution in [-0.2, 0) is 25.5 Å². The molecule has 7 nitrogen and oxygen atoms in total. The highest BCUT2D eigenvalue weighted by Crippen LogP contribution is 2.32. The molecule has 0 spiro atoms. The van der Waals surface area contributed by atoms with Gasteiger partial charge < -0.3 is 19.6 Å². The first kappa shape index (κ1) is 24.1. The van der Waals surface area contributed by atoms with Crippen molar-refractivity contribution in [1.82, 2.24) is 9.80 Å². The third-order valence-corrected chi connectivity index (χ3v) is 6.33. The van der Waals surface area contributed by atoms with Gasteiger partial charge >= 0.3 is 11.9 Å². The number of aliphatic hydroxyl groups excluding tert-OH is 1. The fourth-order valence-electron chi connectivity index (χ4n) is 4.64. The van der Waals surface area contributed by atoms with E-state index in [1.807, 2.05) is 30.3 Å². The molecule has 1 N–H and O–H groups in total. The van der Waals surface area contributed by atoms with Crippen LogP contribution in [0.1, 0.15) is 44.1 Å². The molecule has 1 aromatic carbocycles. The molecule has 0 saturated carbocycles. The summed E-state index contributed by atoms with van der Waals surface area (Å²) >= 11 is 0. The lowest BCUT2D eigenvalue weighted by atomic mass is 10.0. The maximum Gasteiger partial charge on any atom is 0.379 e. The largest absolute Gasteiger partial charge is 0.465 e.